The number of aromatic nitrogens is 1. The molecule has 0 radical (unpaired) electrons. The SMILES string of the molecule is Cc1cc(N)cc(-c2sc(C34CCCN3C(=O)C4)nc2Cl)c1. The van der Waals surface area contributed by atoms with E-state index in [9.17, 15) is 4.79 Å². The zero-order valence-electron chi connectivity index (χ0n) is 12.2. The normalized spacial score (nSPS) is 23.5. The van der Waals surface area contributed by atoms with Crippen LogP contribution in [0.4, 0.5) is 5.69 Å². The number of carbonyl (C=O) groups is 1. The molecular formula is C16H16ClN3OS. The first kappa shape index (κ1) is 14.0. The Kier molecular flexibility index (Phi) is 3.00. The van der Waals surface area contributed by atoms with Crippen molar-refractivity contribution in [3.05, 3.63) is 33.9 Å². The minimum Gasteiger partial charge on any atom is -0.399 e. The number of hydrogen-bond donors (Lipinski definition) is 1. The molecule has 0 bridgehead atoms. The lowest BCUT2D eigenvalue weighted by Gasteiger charge is -2.45. The molecule has 3 heterocycles. The Bertz CT molecular complexity index is 767. The molecule has 2 aliphatic heterocycles. The molecular weight excluding hydrogens is 318 g/mol. The minimum absolute atomic E-state index is 0.195. The first-order valence-electron chi connectivity index (χ1n) is 7.34. The third-order valence-electron chi connectivity index (χ3n) is 4.58. The number of fused-ring (bicyclic) bond motifs is 1. The van der Waals surface area contributed by atoms with Gasteiger partial charge in [0.15, 0.2) is 0 Å². The Balaban J connectivity index is 1.78. The topological polar surface area (TPSA) is 59.2 Å². The molecule has 1 aromatic carbocycles. The van der Waals surface area contributed by atoms with E-state index in [0.29, 0.717) is 11.6 Å². The molecule has 2 aromatic rings. The van der Waals surface area contributed by atoms with Gasteiger partial charge < -0.3 is 10.6 Å². The lowest BCUT2D eigenvalue weighted by molar-refractivity contribution is -0.153. The summed E-state index contributed by atoms with van der Waals surface area (Å²) in [6.45, 7) is 2.85. The third kappa shape index (κ3) is 1.88. The molecule has 2 saturated heterocycles. The molecule has 2 aliphatic rings. The summed E-state index contributed by atoms with van der Waals surface area (Å²) in [5.41, 5.74) is 8.56. The molecule has 0 aliphatic carbocycles. The summed E-state index contributed by atoms with van der Waals surface area (Å²) >= 11 is 7.98. The fourth-order valence-electron chi connectivity index (χ4n) is 3.60. The van der Waals surface area contributed by atoms with Crippen molar-refractivity contribution >= 4 is 34.5 Å². The van der Waals surface area contributed by atoms with Gasteiger partial charge in [-0.1, -0.05) is 17.7 Å². The summed E-state index contributed by atoms with van der Waals surface area (Å²) in [4.78, 5) is 19.3. The van der Waals surface area contributed by atoms with E-state index in [2.05, 4.69) is 11.1 Å². The van der Waals surface area contributed by atoms with Gasteiger partial charge in [-0.3, -0.25) is 4.79 Å². The van der Waals surface area contributed by atoms with Crippen LogP contribution in [0.3, 0.4) is 0 Å². The fourth-order valence-corrected chi connectivity index (χ4v) is 5.13. The highest BCUT2D eigenvalue weighted by Crippen LogP contribution is 2.52. The van der Waals surface area contributed by atoms with Crippen molar-refractivity contribution < 1.29 is 4.79 Å². The van der Waals surface area contributed by atoms with Crippen LogP contribution in [0.25, 0.3) is 10.4 Å². The average molecular weight is 334 g/mol. The highest BCUT2D eigenvalue weighted by Gasteiger charge is 2.56. The van der Waals surface area contributed by atoms with Crippen LogP contribution >= 0.6 is 22.9 Å². The van der Waals surface area contributed by atoms with Crippen LogP contribution in [0, 0.1) is 6.92 Å². The predicted molar refractivity (Wildman–Crippen MR) is 89.0 cm³/mol. The second kappa shape index (κ2) is 4.70. The molecule has 114 valence electrons. The molecule has 1 amide bonds. The van der Waals surface area contributed by atoms with Crippen molar-refractivity contribution in [1.82, 2.24) is 9.88 Å². The van der Waals surface area contributed by atoms with Crippen LogP contribution < -0.4 is 5.73 Å². The Morgan fingerprint density at radius 3 is 2.95 bits per heavy atom. The van der Waals surface area contributed by atoms with Gasteiger partial charge in [-0.15, -0.1) is 11.3 Å². The highest BCUT2D eigenvalue weighted by atomic mass is 35.5. The standard InChI is InChI=1S/C16H16ClN3OS/c1-9-5-10(7-11(18)6-9)13-14(17)19-15(22-13)16-3-2-4-20(16)12(21)8-16/h5-7H,2-4,8,18H2,1H3. The number of β-lactam (4-membered cyclic amide) rings is 1. The van der Waals surface area contributed by atoms with Crippen LogP contribution in [-0.2, 0) is 10.3 Å². The smallest absolute Gasteiger partial charge is 0.226 e. The van der Waals surface area contributed by atoms with Gasteiger partial charge in [0.2, 0.25) is 5.91 Å². The summed E-state index contributed by atoms with van der Waals surface area (Å²) in [6.07, 6.45) is 2.58. The van der Waals surface area contributed by atoms with Gasteiger partial charge in [-0.05, 0) is 43.0 Å². The summed E-state index contributed by atoms with van der Waals surface area (Å²) < 4.78 is 0. The number of nitrogens with two attached hydrogens (primary N) is 1. The van der Waals surface area contributed by atoms with Gasteiger partial charge in [0.25, 0.3) is 0 Å². The molecule has 2 N–H and O–H groups in total. The third-order valence-corrected chi connectivity index (χ3v) is 6.26. The van der Waals surface area contributed by atoms with Crippen LogP contribution in [0.2, 0.25) is 5.15 Å². The van der Waals surface area contributed by atoms with E-state index in [1.165, 1.54) is 0 Å². The number of anilines is 1. The lowest BCUT2D eigenvalue weighted by atomic mass is 9.85. The Labute approximate surface area is 137 Å². The minimum atomic E-state index is -0.195. The molecule has 6 heteroatoms. The molecule has 1 unspecified atom stereocenters. The predicted octanol–water partition coefficient (Wildman–Crippen LogP) is 3.58. The Morgan fingerprint density at radius 1 is 1.41 bits per heavy atom. The number of carbonyl (C=O) groups excluding carboxylic acids is 1. The summed E-state index contributed by atoms with van der Waals surface area (Å²) in [6, 6.07) is 5.92. The highest BCUT2D eigenvalue weighted by molar-refractivity contribution is 7.16. The largest absolute Gasteiger partial charge is 0.399 e. The first-order valence-corrected chi connectivity index (χ1v) is 8.54. The van der Waals surface area contributed by atoms with Crippen LogP contribution in [-0.4, -0.2) is 22.3 Å². The molecule has 4 nitrogen and oxygen atoms in total. The number of benzene rings is 1. The quantitative estimate of drug-likeness (QED) is 0.675. The van der Waals surface area contributed by atoms with Crippen molar-refractivity contribution in [3.63, 3.8) is 0 Å². The summed E-state index contributed by atoms with van der Waals surface area (Å²) in [5, 5.41) is 1.47. The van der Waals surface area contributed by atoms with Crippen molar-refractivity contribution in [2.24, 2.45) is 0 Å². The fraction of sp³-hybridized carbons (Fsp3) is 0.375. The van der Waals surface area contributed by atoms with E-state index >= 15 is 0 Å². The van der Waals surface area contributed by atoms with Crippen molar-refractivity contribution in [2.75, 3.05) is 12.3 Å². The Morgan fingerprint density at radius 2 is 2.23 bits per heavy atom. The Hall–Kier alpha value is -1.59. The van der Waals surface area contributed by atoms with Crippen molar-refractivity contribution in [3.8, 4) is 10.4 Å². The number of aryl methyl sites for hydroxylation is 1. The van der Waals surface area contributed by atoms with Gasteiger partial charge >= 0.3 is 0 Å². The van der Waals surface area contributed by atoms with Gasteiger partial charge in [0.1, 0.15) is 15.7 Å². The summed E-state index contributed by atoms with van der Waals surface area (Å²) in [7, 11) is 0. The van der Waals surface area contributed by atoms with Gasteiger partial charge in [-0.2, -0.15) is 0 Å². The van der Waals surface area contributed by atoms with Gasteiger partial charge in [-0.25, -0.2) is 4.98 Å². The van der Waals surface area contributed by atoms with E-state index in [-0.39, 0.29) is 11.4 Å². The number of hydrogen-bond acceptors (Lipinski definition) is 4. The maximum absolute atomic E-state index is 11.8. The van der Waals surface area contributed by atoms with E-state index in [4.69, 9.17) is 17.3 Å². The lowest BCUT2D eigenvalue weighted by Crippen LogP contribution is -2.57. The number of nitrogens with zero attached hydrogens (tertiary/aromatic N) is 2. The second-order valence-corrected chi connectivity index (χ2v) is 7.49. The monoisotopic (exact) mass is 333 g/mol. The zero-order chi connectivity index (χ0) is 15.5. The molecule has 1 aromatic heterocycles. The molecule has 2 fully saturated rings. The van der Waals surface area contributed by atoms with E-state index in [1.807, 2.05) is 24.0 Å². The number of nitrogen functional groups attached to an aromatic ring is 1. The first-order chi connectivity index (χ1) is 10.5. The van der Waals surface area contributed by atoms with Crippen molar-refractivity contribution in [2.45, 2.75) is 31.7 Å². The average Bonchev–Trinajstić information content (AvgIpc) is 2.98. The number of thiazole rings is 1. The van der Waals surface area contributed by atoms with Crippen molar-refractivity contribution in [1.29, 1.82) is 0 Å². The molecule has 22 heavy (non-hydrogen) atoms. The number of halogens is 1. The maximum Gasteiger partial charge on any atom is 0.226 e. The van der Waals surface area contributed by atoms with E-state index in [1.54, 1.807) is 11.3 Å². The second-order valence-electron chi connectivity index (χ2n) is 6.13. The summed E-state index contributed by atoms with van der Waals surface area (Å²) in [5.74, 6) is 0.227. The van der Waals surface area contributed by atoms with Crippen LogP contribution in [0.1, 0.15) is 29.8 Å². The molecule has 0 spiro atoms. The molecule has 4 rings (SSSR count). The van der Waals surface area contributed by atoms with E-state index < -0.39 is 0 Å². The number of rotatable bonds is 2. The molecule has 1 atom stereocenters. The maximum atomic E-state index is 11.8. The zero-order valence-corrected chi connectivity index (χ0v) is 13.8. The van der Waals surface area contributed by atoms with Crippen LogP contribution in [0.5, 0.6) is 0 Å². The van der Waals surface area contributed by atoms with Crippen LogP contribution in [0.15, 0.2) is 18.2 Å². The number of amides is 1. The van der Waals surface area contributed by atoms with E-state index in [0.717, 1.165) is 46.1 Å². The molecule has 0 saturated carbocycles. The van der Waals surface area contributed by atoms with Gasteiger partial charge in [0.05, 0.1) is 11.3 Å². The van der Waals surface area contributed by atoms with Gasteiger partial charge in [0, 0.05) is 12.2 Å².